The highest BCUT2D eigenvalue weighted by Gasteiger charge is 2.18. The summed E-state index contributed by atoms with van der Waals surface area (Å²) in [7, 11) is 0. The van der Waals surface area contributed by atoms with Crippen molar-refractivity contribution in [3.05, 3.63) is 164 Å². The fraction of sp³-hybridized carbons (Fsp3) is 0. The average molecular weight is 626 g/mol. The number of hydrogen-bond donors (Lipinski definition) is 0. The summed E-state index contributed by atoms with van der Waals surface area (Å²) in [6.07, 6.45) is 0. The zero-order valence-electron chi connectivity index (χ0n) is 26.3. The predicted molar refractivity (Wildman–Crippen MR) is 201 cm³/mol. The van der Waals surface area contributed by atoms with Crippen molar-refractivity contribution in [2.24, 2.45) is 0 Å². The fourth-order valence-electron chi connectivity index (χ4n) is 7.19. The Kier molecular flexibility index (Phi) is 6.15. The van der Waals surface area contributed by atoms with Crippen molar-refractivity contribution in [3.63, 3.8) is 0 Å². The first-order valence-electron chi connectivity index (χ1n) is 16.4. The van der Waals surface area contributed by atoms with Gasteiger partial charge in [0.2, 0.25) is 0 Å². The van der Waals surface area contributed by atoms with Crippen molar-refractivity contribution in [1.82, 2.24) is 15.0 Å². The highest BCUT2D eigenvalue weighted by molar-refractivity contribution is 6.25. The van der Waals surface area contributed by atoms with Crippen molar-refractivity contribution in [3.8, 4) is 45.3 Å². The Bertz CT molecular complexity index is 2820. The molecule has 0 aliphatic rings. The highest BCUT2D eigenvalue weighted by atomic mass is 16.3. The zero-order chi connectivity index (χ0) is 32.3. The minimum absolute atomic E-state index is 0.641. The minimum Gasteiger partial charge on any atom is -0.455 e. The van der Waals surface area contributed by atoms with E-state index in [-0.39, 0.29) is 0 Å². The number of rotatable bonds is 4. The van der Waals surface area contributed by atoms with E-state index in [1.54, 1.807) is 0 Å². The third-order valence-corrected chi connectivity index (χ3v) is 9.50. The van der Waals surface area contributed by atoms with Crippen LogP contribution in [0, 0.1) is 0 Å². The molecular formula is C45H27N3O. The predicted octanol–water partition coefficient (Wildman–Crippen LogP) is 11.9. The van der Waals surface area contributed by atoms with Gasteiger partial charge in [0.15, 0.2) is 17.5 Å². The lowest BCUT2D eigenvalue weighted by molar-refractivity contribution is 0.673. The number of hydrogen-bond acceptors (Lipinski definition) is 4. The van der Waals surface area contributed by atoms with E-state index in [9.17, 15) is 0 Å². The summed E-state index contributed by atoms with van der Waals surface area (Å²) >= 11 is 0. The average Bonchev–Trinajstić information content (AvgIpc) is 3.57. The van der Waals surface area contributed by atoms with Crippen LogP contribution in [0.15, 0.2) is 168 Å². The summed E-state index contributed by atoms with van der Waals surface area (Å²) in [5, 5.41) is 9.25. The maximum atomic E-state index is 6.70. The van der Waals surface area contributed by atoms with Gasteiger partial charge in [0.05, 0.1) is 0 Å². The van der Waals surface area contributed by atoms with E-state index in [2.05, 4.69) is 103 Å². The second-order valence-electron chi connectivity index (χ2n) is 12.4. The lowest BCUT2D eigenvalue weighted by Crippen LogP contribution is -2.00. The van der Waals surface area contributed by atoms with Gasteiger partial charge in [-0.25, -0.2) is 15.0 Å². The Morgan fingerprint density at radius 3 is 1.71 bits per heavy atom. The van der Waals surface area contributed by atoms with Crippen molar-refractivity contribution in [2.75, 3.05) is 0 Å². The van der Waals surface area contributed by atoms with Crippen LogP contribution in [0.4, 0.5) is 0 Å². The lowest BCUT2D eigenvalue weighted by Gasteiger charge is -2.11. The maximum absolute atomic E-state index is 6.70. The smallest absolute Gasteiger partial charge is 0.164 e. The van der Waals surface area contributed by atoms with Gasteiger partial charge in [-0.2, -0.15) is 0 Å². The molecule has 0 radical (unpaired) electrons. The molecule has 0 N–H and O–H groups in total. The van der Waals surface area contributed by atoms with Crippen molar-refractivity contribution >= 4 is 54.3 Å². The largest absolute Gasteiger partial charge is 0.455 e. The van der Waals surface area contributed by atoms with E-state index in [0.29, 0.717) is 17.5 Å². The third kappa shape index (κ3) is 4.49. The minimum atomic E-state index is 0.641. The standard InChI is InChI=1S/C45H27N3O/c1-3-12-30(13-4-1)43-46-44(31-14-5-2-6-15-31)48-45(47-43)33-24-25-34-32(27-33)16-9-18-36(34)37-19-10-20-39-41(37)38-26-23-29-22-21-28-11-7-8-17-35(28)40(29)42(38)49-39/h1-27H. The Hall–Kier alpha value is -6.65. The van der Waals surface area contributed by atoms with Crippen LogP contribution in [-0.4, -0.2) is 15.0 Å². The van der Waals surface area contributed by atoms with Gasteiger partial charge in [-0.3, -0.25) is 0 Å². The summed E-state index contributed by atoms with van der Waals surface area (Å²) in [6, 6.07) is 56.9. The Morgan fingerprint density at radius 2 is 0.939 bits per heavy atom. The monoisotopic (exact) mass is 625 g/mol. The molecule has 10 aromatic rings. The molecule has 0 saturated heterocycles. The lowest BCUT2D eigenvalue weighted by atomic mass is 9.93. The van der Waals surface area contributed by atoms with Crippen molar-refractivity contribution in [2.45, 2.75) is 0 Å². The van der Waals surface area contributed by atoms with Gasteiger partial charge in [-0.05, 0) is 56.3 Å². The second kappa shape index (κ2) is 11.0. The quantitative estimate of drug-likeness (QED) is 0.183. The molecule has 0 unspecified atom stereocenters. The first-order chi connectivity index (χ1) is 24.3. The van der Waals surface area contributed by atoms with Crippen LogP contribution in [-0.2, 0) is 0 Å². The SMILES string of the molecule is c1ccc(-c2nc(-c3ccccc3)nc(-c3ccc4c(-c5cccc6oc7c(ccc8ccc9ccccc9c87)c56)cccc4c3)n2)cc1. The molecule has 49 heavy (non-hydrogen) atoms. The third-order valence-electron chi connectivity index (χ3n) is 9.50. The first-order valence-corrected chi connectivity index (χ1v) is 16.4. The highest BCUT2D eigenvalue weighted by Crippen LogP contribution is 2.43. The molecule has 4 nitrogen and oxygen atoms in total. The van der Waals surface area contributed by atoms with Gasteiger partial charge >= 0.3 is 0 Å². The van der Waals surface area contributed by atoms with E-state index in [1.165, 1.54) is 16.2 Å². The second-order valence-corrected chi connectivity index (χ2v) is 12.4. The molecule has 10 rings (SSSR count). The molecule has 2 aromatic heterocycles. The topological polar surface area (TPSA) is 51.8 Å². The van der Waals surface area contributed by atoms with Gasteiger partial charge in [0.25, 0.3) is 0 Å². The number of furan rings is 1. The summed E-state index contributed by atoms with van der Waals surface area (Å²) in [6.45, 7) is 0. The number of benzene rings is 8. The molecule has 0 atom stereocenters. The Morgan fingerprint density at radius 1 is 0.347 bits per heavy atom. The van der Waals surface area contributed by atoms with Crippen LogP contribution in [0.1, 0.15) is 0 Å². The van der Waals surface area contributed by atoms with E-state index in [1.807, 2.05) is 60.7 Å². The van der Waals surface area contributed by atoms with E-state index in [4.69, 9.17) is 19.4 Å². The van der Waals surface area contributed by atoms with E-state index >= 15 is 0 Å². The van der Waals surface area contributed by atoms with Crippen LogP contribution in [0.25, 0.3) is 99.5 Å². The van der Waals surface area contributed by atoms with Gasteiger partial charge in [-0.1, -0.05) is 146 Å². The van der Waals surface area contributed by atoms with Crippen LogP contribution in [0.2, 0.25) is 0 Å². The molecule has 0 spiro atoms. The van der Waals surface area contributed by atoms with Gasteiger partial charge in [-0.15, -0.1) is 0 Å². The molecule has 0 bridgehead atoms. The molecule has 228 valence electrons. The Balaban J connectivity index is 1.15. The van der Waals surface area contributed by atoms with E-state index in [0.717, 1.165) is 65.9 Å². The number of aromatic nitrogens is 3. The van der Waals surface area contributed by atoms with Crippen LogP contribution >= 0.6 is 0 Å². The van der Waals surface area contributed by atoms with Crippen LogP contribution in [0.5, 0.6) is 0 Å². The Labute approximate surface area is 282 Å². The van der Waals surface area contributed by atoms with Gasteiger partial charge in [0.1, 0.15) is 11.2 Å². The summed E-state index contributed by atoms with van der Waals surface area (Å²) in [4.78, 5) is 14.8. The molecule has 0 aliphatic carbocycles. The first kappa shape index (κ1) is 27.5. The molecule has 0 aliphatic heterocycles. The molecule has 2 heterocycles. The fourth-order valence-corrected chi connectivity index (χ4v) is 7.19. The van der Waals surface area contributed by atoms with Crippen molar-refractivity contribution < 1.29 is 4.42 Å². The van der Waals surface area contributed by atoms with Gasteiger partial charge < -0.3 is 4.42 Å². The summed E-state index contributed by atoms with van der Waals surface area (Å²) in [5.74, 6) is 1.94. The van der Waals surface area contributed by atoms with E-state index < -0.39 is 0 Å². The molecule has 0 saturated carbocycles. The normalized spacial score (nSPS) is 11.7. The zero-order valence-corrected chi connectivity index (χ0v) is 26.3. The van der Waals surface area contributed by atoms with Crippen LogP contribution in [0.3, 0.4) is 0 Å². The molecule has 8 aromatic carbocycles. The van der Waals surface area contributed by atoms with Gasteiger partial charge in [0, 0.05) is 32.8 Å². The molecule has 4 heteroatoms. The van der Waals surface area contributed by atoms with Crippen molar-refractivity contribution in [1.29, 1.82) is 0 Å². The number of nitrogens with zero attached hydrogens (tertiary/aromatic N) is 3. The van der Waals surface area contributed by atoms with Crippen LogP contribution < -0.4 is 0 Å². The number of fused-ring (bicyclic) bond motifs is 8. The maximum Gasteiger partial charge on any atom is 0.164 e. The summed E-state index contributed by atoms with van der Waals surface area (Å²) < 4.78 is 6.70. The molecule has 0 amide bonds. The summed E-state index contributed by atoms with van der Waals surface area (Å²) in [5.41, 5.74) is 6.95. The molecular weight excluding hydrogens is 599 g/mol. The molecule has 0 fully saturated rings.